The van der Waals surface area contributed by atoms with Crippen molar-refractivity contribution in [1.82, 2.24) is 9.97 Å². The average Bonchev–Trinajstić information content (AvgIpc) is 2.56. The van der Waals surface area contributed by atoms with Gasteiger partial charge in [0.1, 0.15) is 5.69 Å². The molecular formula is C19H17ClN4O. The Labute approximate surface area is 151 Å². The van der Waals surface area contributed by atoms with Crippen LogP contribution in [0.25, 0.3) is 0 Å². The number of amides is 1. The molecule has 0 saturated carbocycles. The number of anilines is 3. The number of aryl methyl sites for hydroxylation is 2. The topological polar surface area (TPSA) is 66.9 Å². The Kier molecular flexibility index (Phi) is 4.95. The monoisotopic (exact) mass is 352 g/mol. The van der Waals surface area contributed by atoms with Crippen molar-refractivity contribution in [3.8, 4) is 0 Å². The summed E-state index contributed by atoms with van der Waals surface area (Å²) in [5.74, 6) is 0.0759. The minimum absolute atomic E-state index is 0.289. The Morgan fingerprint density at radius 1 is 0.960 bits per heavy atom. The summed E-state index contributed by atoms with van der Waals surface area (Å²) in [4.78, 5) is 21.1. The molecular weight excluding hydrogens is 336 g/mol. The second-order valence-electron chi connectivity index (χ2n) is 5.67. The van der Waals surface area contributed by atoms with Crippen molar-refractivity contribution in [1.29, 1.82) is 0 Å². The lowest BCUT2D eigenvalue weighted by Gasteiger charge is -2.09. The molecule has 0 radical (unpaired) electrons. The molecule has 2 N–H and O–H groups in total. The maximum Gasteiger partial charge on any atom is 0.274 e. The molecule has 3 aromatic rings. The Hall–Kier alpha value is -2.92. The van der Waals surface area contributed by atoms with E-state index in [9.17, 15) is 4.79 Å². The average molecular weight is 353 g/mol. The second kappa shape index (κ2) is 7.32. The molecule has 0 aliphatic carbocycles. The highest BCUT2D eigenvalue weighted by atomic mass is 35.5. The van der Waals surface area contributed by atoms with E-state index in [2.05, 4.69) is 20.6 Å². The summed E-state index contributed by atoms with van der Waals surface area (Å²) in [6.07, 6.45) is 0. The van der Waals surface area contributed by atoms with Crippen LogP contribution >= 0.6 is 11.6 Å². The fourth-order valence-electron chi connectivity index (χ4n) is 2.32. The number of nitrogens with zero attached hydrogens (tertiary/aromatic N) is 2. The van der Waals surface area contributed by atoms with Crippen molar-refractivity contribution in [2.75, 3.05) is 10.6 Å². The van der Waals surface area contributed by atoms with Crippen molar-refractivity contribution in [3.63, 3.8) is 0 Å². The van der Waals surface area contributed by atoms with Gasteiger partial charge < -0.3 is 10.6 Å². The van der Waals surface area contributed by atoms with Crippen LogP contribution in [0, 0.1) is 13.8 Å². The first-order valence-electron chi connectivity index (χ1n) is 7.76. The molecule has 0 aliphatic rings. The summed E-state index contributed by atoms with van der Waals surface area (Å²) in [5.41, 5.74) is 3.64. The first kappa shape index (κ1) is 16.9. The molecule has 0 spiro atoms. The molecule has 1 aromatic heterocycles. The molecule has 1 amide bonds. The molecule has 0 atom stereocenters. The molecule has 2 aromatic carbocycles. The zero-order valence-electron chi connectivity index (χ0n) is 13.9. The van der Waals surface area contributed by atoms with E-state index in [0.29, 0.717) is 22.4 Å². The lowest BCUT2D eigenvalue weighted by Crippen LogP contribution is -2.15. The van der Waals surface area contributed by atoms with Gasteiger partial charge in [-0.3, -0.25) is 4.79 Å². The lowest BCUT2D eigenvalue weighted by atomic mass is 10.2. The summed E-state index contributed by atoms with van der Waals surface area (Å²) in [7, 11) is 0. The van der Waals surface area contributed by atoms with Crippen LogP contribution in [0.4, 0.5) is 17.3 Å². The number of aromatic nitrogens is 2. The number of benzene rings is 2. The van der Waals surface area contributed by atoms with Crippen LogP contribution in [0.5, 0.6) is 0 Å². The Morgan fingerprint density at radius 3 is 2.44 bits per heavy atom. The Balaban J connectivity index is 1.80. The van der Waals surface area contributed by atoms with Crippen molar-refractivity contribution in [2.45, 2.75) is 13.8 Å². The van der Waals surface area contributed by atoms with Crippen molar-refractivity contribution >= 4 is 34.8 Å². The summed E-state index contributed by atoms with van der Waals surface area (Å²) in [6, 6.07) is 16.4. The van der Waals surface area contributed by atoms with E-state index >= 15 is 0 Å². The van der Waals surface area contributed by atoms with Crippen LogP contribution in [0.15, 0.2) is 54.6 Å². The van der Waals surface area contributed by atoms with Crippen molar-refractivity contribution in [2.24, 2.45) is 0 Å². The van der Waals surface area contributed by atoms with Gasteiger partial charge in [-0.05, 0) is 61.9 Å². The predicted octanol–water partition coefficient (Wildman–Crippen LogP) is 4.74. The number of carbonyl (C=O) groups excluding carboxylic acids is 1. The highest BCUT2D eigenvalue weighted by molar-refractivity contribution is 6.30. The third kappa shape index (κ3) is 4.55. The van der Waals surface area contributed by atoms with Gasteiger partial charge in [0.05, 0.1) is 0 Å². The van der Waals surface area contributed by atoms with Gasteiger partial charge in [0.25, 0.3) is 5.91 Å². The number of hydrogen-bond acceptors (Lipinski definition) is 4. The molecule has 5 nitrogen and oxygen atoms in total. The van der Waals surface area contributed by atoms with Crippen LogP contribution in [0.1, 0.15) is 21.7 Å². The maximum absolute atomic E-state index is 12.4. The third-order valence-corrected chi connectivity index (χ3v) is 3.72. The number of halogens is 1. The molecule has 1 heterocycles. The molecule has 0 unspecified atom stereocenters. The quantitative estimate of drug-likeness (QED) is 0.711. The highest BCUT2D eigenvalue weighted by Crippen LogP contribution is 2.17. The van der Waals surface area contributed by atoms with E-state index < -0.39 is 0 Å². The van der Waals surface area contributed by atoms with E-state index in [1.807, 2.05) is 38.1 Å². The highest BCUT2D eigenvalue weighted by Gasteiger charge is 2.11. The van der Waals surface area contributed by atoms with Crippen LogP contribution in [-0.4, -0.2) is 15.9 Å². The summed E-state index contributed by atoms with van der Waals surface area (Å²) in [6.45, 7) is 3.83. The van der Waals surface area contributed by atoms with Gasteiger partial charge >= 0.3 is 0 Å². The first-order chi connectivity index (χ1) is 12.0. The van der Waals surface area contributed by atoms with E-state index in [1.165, 1.54) is 0 Å². The molecule has 0 fully saturated rings. The van der Waals surface area contributed by atoms with Gasteiger partial charge in [0.2, 0.25) is 5.95 Å². The van der Waals surface area contributed by atoms with Gasteiger partial charge in [0, 0.05) is 22.1 Å². The number of carbonyl (C=O) groups is 1. The predicted molar refractivity (Wildman–Crippen MR) is 101 cm³/mol. The van der Waals surface area contributed by atoms with Crippen LogP contribution in [0.2, 0.25) is 5.02 Å². The van der Waals surface area contributed by atoms with Crippen LogP contribution in [0.3, 0.4) is 0 Å². The molecule has 0 bridgehead atoms. The Morgan fingerprint density at radius 2 is 1.72 bits per heavy atom. The lowest BCUT2D eigenvalue weighted by molar-refractivity contribution is 0.102. The molecule has 0 aliphatic heterocycles. The van der Waals surface area contributed by atoms with E-state index in [1.54, 1.807) is 30.3 Å². The van der Waals surface area contributed by atoms with Crippen molar-refractivity contribution in [3.05, 3.63) is 76.6 Å². The maximum atomic E-state index is 12.4. The number of hydrogen-bond donors (Lipinski definition) is 2. The fourth-order valence-corrected chi connectivity index (χ4v) is 2.45. The Bertz CT molecular complexity index is 910. The molecule has 3 rings (SSSR count). The fraction of sp³-hybridized carbons (Fsp3) is 0.105. The van der Waals surface area contributed by atoms with Gasteiger partial charge in [0.15, 0.2) is 0 Å². The minimum Gasteiger partial charge on any atom is -0.324 e. The SMILES string of the molecule is Cc1cccc(Nc2nc(C)cc(C(=O)Nc3ccc(Cl)cc3)n2)c1. The van der Waals surface area contributed by atoms with Crippen LogP contribution in [-0.2, 0) is 0 Å². The van der Waals surface area contributed by atoms with Gasteiger partial charge in [-0.15, -0.1) is 0 Å². The van der Waals surface area contributed by atoms with E-state index in [0.717, 1.165) is 11.3 Å². The number of rotatable bonds is 4. The van der Waals surface area contributed by atoms with E-state index in [4.69, 9.17) is 11.6 Å². The number of nitrogens with one attached hydrogen (secondary N) is 2. The molecule has 6 heteroatoms. The molecule has 126 valence electrons. The first-order valence-corrected chi connectivity index (χ1v) is 8.14. The van der Waals surface area contributed by atoms with Gasteiger partial charge in [-0.25, -0.2) is 9.97 Å². The summed E-state index contributed by atoms with van der Waals surface area (Å²) < 4.78 is 0. The van der Waals surface area contributed by atoms with Crippen LogP contribution < -0.4 is 10.6 Å². The van der Waals surface area contributed by atoms with Gasteiger partial charge in [-0.2, -0.15) is 0 Å². The molecule has 0 saturated heterocycles. The normalized spacial score (nSPS) is 10.4. The molecule has 25 heavy (non-hydrogen) atoms. The summed E-state index contributed by atoms with van der Waals surface area (Å²) in [5, 5.41) is 6.54. The zero-order chi connectivity index (χ0) is 17.8. The smallest absolute Gasteiger partial charge is 0.274 e. The largest absolute Gasteiger partial charge is 0.324 e. The van der Waals surface area contributed by atoms with Gasteiger partial charge in [-0.1, -0.05) is 23.7 Å². The minimum atomic E-state index is -0.305. The van der Waals surface area contributed by atoms with Crippen molar-refractivity contribution < 1.29 is 4.79 Å². The second-order valence-corrected chi connectivity index (χ2v) is 6.11. The van der Waals surface area contributed by atoms with E-state index in [-0.39, 0.29) is 11.6 Å². The third-order valence-electron chi connectivity index (χ3n) is 3.46. The zero-order valence-corrected chi connectivity index (χ0v) is 14.6. The summed E-state index contributed by atoms with van der Waals surface area (Å²) >= 11 is 5.85. The standard InChI is InChI=1S/C19H17ClN4O/c1-12-4-3-5-16(10-12)23-19-21-13(2)11-17(24-19)18(25)22-15-8-6-14(20)7-9-15/h3-11H,1-2H3,(H,22,25)(H,21,23,24).